The van der Waals surface area contributed by atoms with E-state index in [0.29, 0.717) is 18.0 Å². The van der Waals surface area contributed by atoms with Crippen LogP contribution in [0.15, 0.2) is 0 Å². The molecule has 0 spiro atoms. The molecule has 3 rings (SSSR count). The first-order chi connectivity index (χ1) is 8.83. The number of nitrogens with zero attached hydrogens (tertiary/aromatic N) is 1. The van der Waals surface area contributed by atoms with Gasteiger partial charge >= 0.3 is 6.03 Å². The molecule has 1 aliphatic heterocycles. The molecular formula is C14H25N3O. The molecule has 3 fully saturated rings. The summed E-state index contributed by atoms with van der Waals surface area (Å²) >= 11 is 0. The zero-order chi connectivity index (χ0) is 12.4. The van der Waals surface area contributed by atoms with Crippen LogP contribution in [0, 0.1) is 5.92 Å². The largest absolute Gasteiger partial charge is 0.335 e. The molecule has 0 radical (unpaired) electrons. The van der Waals surface area contributed by atoms with Crippen molar-refractivity contribution in [3.8, 4) is 0 Å². The Morgan fingerprint density at radius 1 is 1.17 bits per heavy atom. The van der Waals surface area contributed by atoms with Crippen LogP contribution in [0.1, 0.15) is 44.9 Å². The van der Waals surface area contributed by atoms with E-state index in [-0.39, 0.29) is 6.03 Å². The summed E-state index contributed by atoms with van der Waals surface area (Å²) in [7, 11) is 0. The average Bonchev–Trinajstić information content (AvgIpc) is 3.16. The third kappa shape index (κ3) is 2.97. The molecule has 2 saturated carbocycles. The molecule has 0 aromatic rings. The van der Waals surface area contributed by atoms with Gasteiger partial charge in [-0.25, -0.2) is 4.79 Å². The van der Waals surface area contributed by atoms with Gasteiger partial charge in [-0.05, 0) is 64.0 Å². The fourth-order valence-corrected chi connectivity index (χ4v) is 2.95. The normalized spacial score (nSPS) is 28.6. The summed E-state index contributed by atoms with van der Waals surface area (Å²) in [5, 5.41) is 6.64. The molecule has 1 atom stereocenters. The van der Waals surface area contributed by atoms with Gasteiger partial charge in [-0.15, -0.1) is 0 Å². The fourth-order valence-electron chi connectivity index (χ4n) is 2.95. The Morgan fingerprint density at radius 2 is 2.00 bits per heavy atom. The maximum absolute atomic E-state index is 12.3. The van der Waals surface area contributed by atoms with E-state index in [1.54, 1.807) is 0 Å². The van der Waals surface area contributed by atoms with E-state index in [1.807, 2.05) is 0 Å². The molecule has 2 aliphatic carbocycles. The molecule has 4 heteroatoms. The summed E-state index contributed by atoms with van der Waals surface area (Å²) < 4.78 is 0. The molecule has 0 aromatic heterocycles. The minimum atomic E-state index is 0.202. The van der Waals surface area contributed by atoms with E-state index in [4.69, 9.17) is 0 Å². The van der Waals surface area contributed by atoms with Gasteiger partial charge in [-0.1, -0.05) is 0 Å². The van der Waals surface area contributed by atoms with E-state index in [2.05, 4.69) is 15.5 Å². The second kappa shape index (κ2) is 5.47. The van der Waals surface area contributed by atoms with Gasteiger partial charge in [0, 0.05) is 18.6 Å². The van der Waals surface area contributed by atoms with Crippen molar-refractivity contribution >= 4 is 6.03 Å². The lowest BCUT2D eigenvalue weighted by Crippen LogP contribution is -2.50. The highest BCUT2D eigenvalue weighted by atomic mass is 16.2. The van der Waals surface area contributed by atoms with Crippen LogP contribution in [0.4, 0.5) is 4.79 Å². The first kappa shape index (κ1) is 12.3. The predicted molar refractivity (Wildman–Crippen MR) is 71.5 cm³/mol. The molecule has 4 nitrogen and oxygen atoms in total. The van der Waals surface area contributed by atoms with Crippen LogP contribution >= 0.6 is 0 Å². The summed E-state index contributed by atoms with van der Waals surface area (Å²) in [4.78, 5) is 14.4. The van der Waals surface area contributed by atoms with Gasteiger partial charge in [0.2, 0.25) is 0 Å². The number of urea groups is 1. The lowest BCUT2D eigenvalue weighted by atomic mass is 9.93. The lowest BCUT2D eigenvalue weighted by molar-refractivity contribution is 0.167. The van der Waals surface area contributed by atoms with E-state index in [0.717, 1.165) is 19.6 Å². The first-order valence-electron chi connectivity index (χ1n) is 7.61. The van der Waals surface area contributed by atoms with Gasteiger partial charge in [-0.3, -0.25) is 0 Å². The third-order valence-electron chi connectivity index (χ3n) is 4.54. The van der Waals surface area contributed by atoms with Crippen LogP contribution in [0.25, 0.3) is 0 Å². The Labute approximate surface area is 109 Å². The minimum absolute atomic E-state index is 0.202. The molecule has 1 heterocycles. The maximum atomic E-state index is 12.3. The minimum Gasteiger partial charge on any atom is -0.335 e. The van der Waals surface area contributed by atoms with Crippen molar-refractivity contribution in [2.24, 2.45) is 5.92 Å². The molecule has 1 saturated heterocycles. The highest BCUT2D eigenvalue weighted by Crippen LogP contribution is 2.29. The topological polar surface area (TPSA) is 44.4 Å². The van der Waals surface area contributed by atoms with Crippen molar-refractivity contribution in [1.29, 1.82) is 0 Å². The number of nitrogens with one attached hydrogen (secondary N) is 2. The van der Waals surface area contributed by atoms with Crippen molar-refractivity contribution in [1.82, 2.24) is 15.5 Å². The second-order valence-corrected chi connectivity index (χ2v) is 6.17. The van der Waals surface area contributed by atoms with Crippen molar-refractivity contribution in [2.75, 3.05) is 19.6 Å². The third-order valence-corrected chi connectivity index (χ3v) is 4.54. The second-order valence-electron chi connectivity index (χ2n) is 6.17. The summed E-state index contributed by atoms with van der Waals surface area (Å²) in [5.41, 5.74) is 0. The van der Waals surface area contributed by atoms with Crippen LogP contribution in [-0.4, -0.2) is 42.6 Å². The summed E-state index contributed by atoms with van der Waals surface area (Å²) in [6.45, 7) is 3.18. The van der Waals surface area contributed by atoms with Crippen LogP contribution in [0.3, 0.4) is 0 Å². The van der Waals surface area contributed by atoms with Gasteiger partial charge in [-0.2, -0.15) is 0 Å². The van der Waals surface area contributed by atoms with Crippen LogP contribution in [-0.2, 0) is 0 Å². The Balaban J connectivity index is 1.51. The molecule has 2 amide bonds. The molecule has 1 unspecified atom stereocenters. The number of carbonyl (C=O) groups is 1. The zero-order valence-corrected chi connectivity index (χ0v) is 11.2. The number of hydrogen-bond donors (Lipinski definition) is 2. The molecule has 18 heavy (non-hydrogen) atoms. The number of hydrogen-bond acceptors (Lipinski definition) is 2. The first-order valence-corrected chi connectivity index (χ1v) is 7.61. The Morgan fingerprint density at radius 3 is 2.56 bits per heavy atom. The predicted octanol–water partition coefficient (Wildman–Crippen LogP) is 1.71. The number of carbonyl (C=O) groups excluding carboxylic acids is 1. The van der Waals surface area contributed by atoms with Gasteiger partial charge in [0.15, 0.2) is 0 Å². The molecule has 102 valence electrons. The fraction of sp³-hybridized carbons (Fsp3) is 0.929. The standard InChI is InChI=1S/C14H25N3O/c18-14(16-12-4-1-5-12)17(13-6-7-13)10-11-3-2-8-15-9-11/h11-13,15H,1-10H2,(H,16,18). The number of amides is 2. The maximum Gasteiger partial charge on any atom is 0.317 e. The highest BCUT2D eigenvalue weighted by molar-refractivity contribution is 5.75. The van der Waals surface area contributed by atoms with E-state index in [1.165, 1.54) is 44.9 Å². The molecule has 0 bridgehead atoms. The monoisotopic (exact) mass is 251 g/mol. The van der Waals surface area contributed by atoms with E-state index in [9.17, 15) is 4.79 Å². The summed E-state index contributed by atoms with van der Waals surface area (Å²) in [6, 6.07) is 1.20. The number of piperidine rings is 1. The smallest absolute Gasteiger partial charge is 0.317 e. The van der Waals surface area contributed by atoms with Gasteiger partial charge < -0.3 is 15.5 Å². The van der Waals surface area contributed by atoms with Gasteiger partial charge in [0.05, 0.1) is 0 Å². The van der Waals surface area contributed by atoms with Crippen molar-refractivity contribution in [3.63, 3.8) is 0 Å². The van der Waals surface area contributed by atoms with Gasteiger partial charge in [0.1, 0.15) is 0 Å². The Kier molecular flexibility index (Phi) is 3.73. The summed E-state index contributed by atoms with van der Waals surface area (Å²) in [5.74, 6) is 0.659. The quantitative estimate of drug-likeness (QED) is 0.799. The molecular weight excluding hydrogens is 226 g/mol. The van der Waals surface area contributed by atoms with E-state index < -0.39 is 0 Å². The highest BCUT2D eigenvalue weighted by Gasteiger charge is 2.35. The van der Waals surface area contributed by atoms with Crippen molar-refractivity contribution < 1.29 is 4.79 Å². The van der Waals surface area contributed by atoms with E-state index >= 15 is 0 Å². The van der Waals surface area contributed by atoms with Crippen LogP contribution in [0.2, 0.25) is 0 Å². The summed E-state index contributed by atoms with van der Waals surface area (Å²) in [6.07, 6.45) is 8.57. The zero-order valence-electron chi connectivity index (χ0n) is 11.2. The molecule has 3 aliphatic rings. The van der Waals surface area contributed by atoms with Crippen LogP contribution < -0.4 is 10.6 Å². The van der Waals surface area contributed by atoms with Crippen molar-refractivity contribution in [3.05, 3.63) is 0 Å². The average molecular weight is 251 g/mol. The Hall–Kier alpha value is -0.770. The van der Waals surface area contributed by atoms with Gasteiger partial charge in [0.25, 0.3) is 0 Å². The number of rotatable bonds is 4. The molecule has 0 aromatic carbocycles. The lowest BCUT2D eigenvalue weighted by Gasteiger charge is -2.33. The van der Waals surface area contributed by atoms with Crippen molar-refractivity contribution in [2.45, 2.75) is 57.0 Å². The van der Waals surface area contributed by atoms with Crippen LogP contribution in [0.5, 0.6) is 0 Å². The Bertz CT molecular complexity index is 293. The molecule has 2 N–H and O–H groups in total. The SMILES string of the molecule is O=C(NC1CCC1)N(CC1CCCNC1)C1CC1.